The summed E-state index contributed by atoms with van der Waals surface area (Å²) >= 11 is 0. The lowest BCUT2D eigenvalue weighted by molar-refractivity contribution is -0.384. The average molecular weight is 395 g/mol. The maximum Gasteiger partial charge on any atom is 0.269 e. The van der Waals surface area contributed by atoms with Crippen molar-refractivity contribution in [2.45, 2.75) is 16.6 Å². The van der Waals surface area contributed by atoms with Crippen LogP contribution in [0, 0.1) is 10.1 Å². The second kappa shape index (κ2) is 8.14. The fraction of sp³-hybridized carbons (Fsp3) is 0.0952. The predicted molar refractivity (Wildman–Crippen MR) is 105 cm³/mol. The van der Waals surface area contributed by atoms with Crippen molar-refractivity contribution in [1.82, 2.24) is 0 Å². The van der Waals surface area contributed by atoms with Crippen LogP contribution in [0.5, 0.6) is 0 Å². The Bertz CT molecular complexity index is 1080. The summed E-state index contributed by atoms with van der Waals surface area (Å²) in [5.74, 6) is -0.292. The quantitative estimate of drug-likeness (QED) is 0.336. The Morgan fingerprint density at radius 1 is 0.857 bits per heavy atom. The number of hydrogen-bond acceptors (Lipinski definition) is 5. The minimum atomic E-state index is -3.94. The SMILES string of the molecule is O=C(C[C@@H](c1ccccc1)S(=O)(=O)c1ccc([N+](=O)[O-])cc1)c1ccccc1. The molecule has 3 aromatic carbocycles. The smallest absolute Gasteiger partial charge is 0.269 e. The van der Waals surface area contributed by atoms with Crippen molar-refractivity contribution in [3.8, 4) is 0 Å². The van der Waals surface area contributed by atoms with Crippen LogP contribution in [0.3, 0.4) is 0 Å². The van der Waals surface area contributed by atoms with E-state index in [0.717, 1.165) is 12.1 Å². The standard InChI is InChI=1S/C21H17NO5S/c23-20(16-7-3-1-4-8-16)15-21(17-9-5-2-6-10-17)28(26,27)19-13-11-18(12-14-19)22(24)25/h1-14,21H,15H2/t21-/m0/s1. The summed E-state index contributed by atoms with van der Waals surface area (Å²) in [6, 6.07) is 21.7. The van der Waals surface area contributed by atoms with Crippen LogP contribution in [0.1, 0.15) is 27.6 Å². The fourth-order valence-corrected chi connectivity index (χ4v) is 4.64. The molecule has 1 atom stereocenters. The Morgan fingerprint density at radius 2 is 1.39 bits per heavy atom. The molecule has 142 valence electrons. The monoisotopic (exact) mass is 395 g/mol. The molecule has 0 radical (unpaired) electrons. The Labute approximate surface area is 162 Å². The maximum absolute atomic E-state index is 13.3. The summed E-state index contributed by atoms with van der Waals surface area (Å²) in [5, 5.41) is 9.74. The molecule has 0 unspecified atom stereocenters. The van der Waals surface area contributed by atoms with E-state index in [0.29, 0.717) is 11.1 Å². The number of nitro groups is 1. The number of Topliss-reactive ketones (excluding diaryl/α,β-unsaturated/α-hetero) is 1. The summed E-state index contributed by atoms with van der Waals surface area (Å²) in [4.78, 5) is 22.9. The van der Waals surface area contributed by atoms with Crippen molar-refractivity contribution >= 4 is 21.3 Å². The zero-order valence-corrected chi connectivity index (χ0v) is 15.6. The number of benzene rings is 3. The van der Waals surface area contributed by atoms with Crippen molar-refractivity contribution in [3.63, 3.8) is 0 Å². The number of nitro benzene ring substituents is 1. The van der Waals surface area contributed by atoms with E-state index in [-0.39, 0.29) is 22.8 Å². The van der Waals surface area contributed by atoms with Gasteiger partial charge < -0.3 is 0 Å². The molecule has 0 N–H and O–H groups in total. The Balaban J connectivity index is 2.00. The summed E-state index contributed by atoms with van der Waals surface area (Å²) < 4.78 is 26.5. The van der Waals surface area contributed by atoms with Gasteiger partial charge in [0, 0.05) is 24.1 Å². The van der Waals surface area contributed by atoms with E-state index in [4.69, 9.17) is 0 Å². The first-order valence-electron chi connectivity index (χ1n) is 8.51. The van der Waals surface area contributed by atoms with Gasteiger partial charge in [-0.15, -0.1) is 0 Å². The normalized spacial score (nSPS) is 12.3. The molecule has 0 amide bonds. The van der Waals surface area contributed by atoms with Gasteiger partial charge in [-0.25, -0.2) is 8.42 Å². The van der Waals surface area contributed by atoms with Crippen molar-refractivity contribution < 1.29 is 18.1 Å². The van der Waals surface area contributed by atoms with E-state index in [9.17, 15) is 23.3 Å². The van der Waals surface area contributed by atoms with E-state index in [2.05, 4.69) is 0 Å². The van der Waals surface area contributed by atoms with E-state index in [1.165, 1.54) is 12.1 Å². The summed E-state index contributed by atoms with van der Waals surface area (Å²) in [7, 11) is -3.94. The van der Waals surface area contributed by atoms with Crippen LogP contribution in [0.4, 0.5) is 5.69 Å². The highest BCUT2D eigenvalue weighted by atomic mass is 32.2. The van der Waals surface area contributed by atoms with Gasteiger partial charge in [-0.3, -0.25) is 14.9 Å². The number of rotatable bonds is 7. The molecule has 0 saturated heterocycles. The van der Waals surface area contributed by atoms with E-state index in [1.807, 2.05) is 0 Å². The van der Waals surface area contributed by atoms with Gasteiger partial charge >= 0.3 is 0 Å². The van der Waals surface area contributed by atoms with Crippen LogP contribution in [-0.2, 0) is 9.84 Å². The minimum absolute atomic E-state index is 0.0622. The van der Waals surface area contributed by atoms with Crippen LogP contribution < -0.4 is 0 Å². The number of carbonyl (C=O) groups is 1. The van der Waals surface area contributed by atoms with Gasteiger partial charge in [-0.1, -0.05) is 60.7 Å². The molecule has 0 heterocycles. The van der Waals surface area contributed by atoms with Gasteiger partial charge in [-0.05, 0) is 17.7 Å². The van der Waals surface area contributed by atoms with Crippen molar-refractivity contribution in [2.75, 3.05) is 0 Å². The number of sulfone groups is 1. The minimum Gasteiger partial charge on any atom is -0.294 e. The molecule has 6 nitrogen and oxygen atoms in total. The molecule has 0 spiro atoms. The molecule has 0 aliphatic carbocycles. The second-order valence-electron chi connectivity index (χ2n) is 6.19. The third-order valence-electron chi connectivity index (χ3n) is 4.39. The highest BCUT2D eigenvalue weighted by molar-refractivity contribution is 7.91. The molecule has 0 aliphatic heterocycles. The van der Waals surface area contributed by atoms with Crippen molar-refractivity contribution in [3.05, 3.63) is 106 Å². The summed E-state index contributed by atoms with van der Waals surface area (Å²) in [6.07, 6.45) is -0.229. The van der Waals surface area contributed by atoms with Crippen LogP contribution in [-0.4, -0.2) is 19.1 Å². The zero-order valence-electron chi connectivity index (χ0n) is 14.8. The second-order valence-corrected chi connectivity index (χ2v) is 8.32. The fourth-order valence-electron chi connectivity index (χ4n) is 2.91. The molecule has 0 aromatic heterocycles. The summed E-state index contributed by atoms with van der Waals surface area (Å²) in [5.41, 5.74) is 0.725. The largest absolute Gasteiger partial charge is 0.294 e. The lowest BCUT2D eigenvalue weighted by Crippen LogP contribution is -2.18. The van der Waals surface area contributed by atoms with Crippen molar-refractivity contribution in [1.29, 1.82) is 0 Å². The molecule has 0 saturated carbocycles. The van der Waals surface area contributed by atoms with Crippen LogP contribution in [0.25, 0.3) is 0 Å². The molecule has 7 heteroatoms. The first-order valence-corrected chi connectivity index (χ1v) is 10.1. The molecule has 3 aromatic rings. The average Bonchev–Trinajstić information content (AvgIpc) is 2.73. The van der Waals surface area contributed by atoms with Crippen molar-refractivity contribution in [2.24, 2.45) is 0 Å². The molecule has 0 fully saturated rings. The van der Waals surface area contributed by atoms with E-state index >= 15 is 0 Å². The highest BCUT2D eigenvalue weighted by Gasteiger charge is 2.31. The third-order valence-corrected chi connectivity index (χ3v) is 6.51. The summed E-state index contributed by atoms with van der Waals surface area (Å²) in [6.45, 7) is 0. The molecule has 0 bridgehead atoms. The van der Waals surface area contributed by atoms with Crippen LogP contribution in [0.15, 0.2) is 89.8 Å². The molecule has 28 heavy (non-hydrogen) atoms. The van der Waals surface area contributed by atoms with E-state index < -0.39 is 20.0 Å². The van der Waals surface area contributed by atoms with E-state index in [1.54, 1.807) is 60.7 Å². The number of non-ortho nitro benzene ring substituents is 1. The third kappa shape index (κ3) is 4.15. The van der Waals surface area contributed by atoms with Gasteiger partial charge in [0.15, 0.2) is 15.6 Å². The number of nitrogens with zero attached hydrogens (tertiary/aromatic N) is 1. The van der Waals surface area contributed by atoms with Gasteiger partial charge in [-0.2, -0.15) is 0 Å². The van der Waals surface area contributed by atoms with Gasteiger partial charge in [0.25, 0.3) is 5.69 Å². The lowest BCUT2D eigenvalue weighted by atomic mass is 10.0. The Hall–Kier alpha value is -3.32. The van der Waals surface area contributed by atoms with Gasteiger partial charge in [0.1, 0.15) is 0 Å². The topological polar surface area (TPSA) is 94.3 Å². The number of hydrogen-bond donors (Lipinski definition) is 0. The molecular weight excluding hydrogens is 378 g/mol. The number of ketones is 1. The zero-order chi connectivity index (χ0) is 20.1. The Kier molecular flexibility index (Phi) is 5.65. The maximum atomic E-state index is 13.3. The Morgan fingerprint density at radius 3 is 1.93 bits per heavy atom. The number of carbonyl (C=O) groups excluding carboxylic acids is 1. The first kappa shape index (κ1) is 19.4. The first-order chi connectivity index (χ1) is 13.4. The van der Waals surface area contributed by atoms with Crippen LogP contribution in [0.2, 0.25) is 0 Å². The molecule has 3 rings (SSSR count). The molecule has 0 aliphatic rings. The highest BCUT2D eigenvalue weighted by Crippen LogP contribution is 2.33. The predicted octanol–water partition coefficient (Wildman–Crippen LogP) is 4.38. The van der Waals surface area contributed by atoms with Gasteiger partial charge in [0.2, 0.25) is 0 Å². The lowest BCUT2D eigenvalue weighted by Gasteiger charge is -2.18. The van der Waals surface area contributed by atoms with Crippen LogP contribution >= 0.6 is 0 Å². The van der Waals surface area contributed by atoms with Gasteiger partial charge in [0.05, 0.1) is 15.1 Å². The molecular formula is C21H17NO5S.